The molecule has 21 heavy (non-hydrogen) atoms. The molecule has 0 saturated heterocycles. The van der Waals surface area contributed by atoms with Crippen molar-refractivity contribution in [3.8, 4) is 5.75 Å². The summed E-state index contributed by atoms with van der Waals surface area (Å²) in [6.07, 6.45) is 1.67. The Morgan fingerprint density at radius 3 is 2.71 bits per heavy atom. The van der Waals surface area contributed by atoms with Gasteiger partial charge in [0.2, 0.25) is 0 Å². The van der Waals surface area contributed by atoms with Crippen LogP contribution in [0.4, 0.5) is 0 Å². The largest absolute Gasteiger partial charge is 0.496 e. The summed E-state index contributed by atoms with van der Waals surface area (Å²) in [5.41, 5.74) is 1.28. The molecule has 6 heteroatoms. The molecule has 1 N–H and O–H groups in total. The number of ether oxygens (including phenoxy) is 1. The smallest absolute Gasteiger partial charge is 0.335 e. The highest BCUT2D eigenvalue weighted by Crippen LogP contribution is 2.21. The molecule has 1 aromatic carbocycles. The number of aromatic nitrogens is 1. The van der Waals surface area contributed by atoms with E-state index in [1.165, 1.54) is 23.8 Å². The highest BCUT2D eigenvalue weighted by molar-refractivity contribution is 9.10. The van der Waals surface area contributed by atoms with Crippen LogP contribution < -0.4 is 10.3 Å². The lowest BCUT2D eigenvalue weighted by atomic mass is 10.1. The Morgan fingerprint density at radius 2 is 2.10 bits per heavy atom. The van der Waals surface area contributed by atoms with Crippen LogP contribution in [0, 0.1) is 6.92 Å². The van der Waals surface area contributed by atoms with E-state index >= 15 is 0 Å². The topological polar surface area (TPSA) is 68.5 Å². The number of aromatic carboxylic acids is 1. The lowest BCUT2D eigenvalue weighted by Crippen LogP contribution is -2.22. The van der Waals surface area contributed by atoms with E-state index in [-0.39, 0.29) is 17.7 Å². The third-order valence-corrected chi connectivity index (χ3v) is 3.53. The van der Waals surface area contributed by atoms with Gasteiger partial charge in [0.25, 0.3) is 5.56 Å². The lowest BCUT2D eigenvalue weighted by molar-refractivity contribution is 0.0696. The van der Waals surface area contributed by atoms with Crippen LogP contribution in [0.1, 0.15) is 21.5 Å². The van der Waals surface area contributed by atoms with Crippen molar-refractivity contribution in [2.75, 3.05) is 7.11 Å². The average Bonchev–Trinajstić information content (AvgIpc) is 2.44. The second kappa shape index (κ2) is 6.13. The fraction of sp³-hybridized carbons (Fsp3) is 0.200. The molecular weight excluding hydrogens is 338 g/mol. The molecule has 2 aromatic rings. The fourth-order valence-corrected chi connectivity index (χ4v) is 2.67. The minimum absolute atomic E-state index is 0.124. The Hall–Kier alpha value is -2.08. The summed E-state index contributed by atoms with van der Waals surface area (Å²) in [5.74, 6) is -0.471. The number of rotatable bonds is 4. The van der Waals surface area contributed by atoms with Crippen LogP contribution in [0.5, 0.6) is 5.75 Å². The number of benzene rings is 1. The zero-order chi connectivity index (χ0) is 15.6. The second-order valence-electron chi connectivity index (χ2n) is 4.61. The molecule has 0 saturated carbocycles. The molecule has 0 amide bonds. The molecule has 0 radical (unpaired) electrons. The number of nitrogens with zero attached hydrogens (tertiary/aromatic N) is 1. The van der Waals surface area contributed by atoms with Gasteiger partial charge in [-0.2, -0.15) is 0 Å². The van der Waals surface area contributed by atoms with Crippen LogP contribution >= 0.6 is 15.9 Å². The summed E-state index contributed by atoms with van der Waals surface area (Å²) in [6.45, 7) is 1.97. The Bertz CT molecular complexity index is 752. The van der Waals surface area contributed by atoms with Gasteiger partial charge in [0.1, 0.15) is 5.75 Å². The SMILES string of the molecule is COc1ccc(C(=O)O)cc1Cn1cc(Br)cc(C)c1=O. The minimum atomic E-state index is -1.02. The molecule has 1 heterocycles. The number of carboxylic acids is 1. The quantitative estimate of drug-likeness (QED) is 0.919. The number of halogens is 1. The fourth-order valence-electron chi connectivity index (χ4n) is 2.08. The molecule has 0 spiro atoms. The van der Waals surface area contributed by atoms with Crippen molar-refractivity contribution < 1.29 is 14.6 Å². The maximum Gasteiger partial charge on any atom is 0.335 e. The third-order valence-electron chi connectivity index (χ3n) is 3.10. The number of carbonyl (C=O) groups is 1. The maximum atomic E-state index is 12.1. The first-order chi connectivity index (χ1) is 9.92. The second-order valence-corrected chi connectivity index (χ2v) is 5.52. The summed E-state index contributed by atoms with van der Waals surface area (Å²) in [5, 5.41) is 9.06. The van der Waals surface area contributed by atoms with Gasteiger partial charge < -0.3 is 14.4 Å². The predicted molar refractivity (Wildman–Crippen MR) is 82.2 cm³/mol. The number of aryl methyl sites for hydroxylation is 1. The van der Waals surface area contributed by atoms with Gasteiger partial charge in [-0.15, -0.1) is 0 Å². The van der Waals surface area contributed by atoms with Gasteiger partial charge in [-0.1, -0.05) is 0 Å². The maximum absolute atomic E-state index is 12.1. The molecule has 5 nitrogen and oxygen atoms in total. The van der Waals surface area contributed by atoms with E-state index in [2.05, 4.69) is 15.9 Å². The van der Waals surface area contributed by atoms with Crippen molar-refractivity contribution in [3.05, 3.63) is 62.0 Å². The normalized spacial score (nSPS) is 10.4. The molecule has 2 rings (SSSR count). The van der Waals surface area contributed by atoms with Crippen LogP contribution in [0.25, 0.3) is 0 Å². The van der Waals surface area contributed by atoms with Gasteiger partial charge in [-0.3, -0.25) is 4.79 Å². The predicted octanol–water partition coefficient (Wildman–Crippen LogP) is 2.67. The standard InChI is InChI=1S/C15H14BrNO4/c1-9-5-12(16)8-17(14(9)18)7-11-6-10(15(19)20)3-4-13(11)21-2/h3-6,8H,7H2,1-2H3,(H,19,20). The molecule has 0 fully saturated rings. The van der Waals surface area contributed by atoms with E-state index in [9.17, 15) is 9.59 Å². The first-order valence-electron chi connectivity index (χ1n) is 6.19. The molecule has 0 aliphatic rings. The summed E-state index contributed by atoms with van der Waals surface area (Å²) in [7, 11) is 1.51. The van der Waals surface area contributed by atoms with E-state index in [0.717, 1.165) is 4.47 Å². The van der Waals surface area contributed by atoms with Crippen molar-refractivity contribution in [1.82, 2.24) is 4.57 Å². The summed E-state index contributed by atoms with van der Waals surface area (Å²) >= 11 is 3.35. The molecule has 0 unspecified atom stereocenters. The molecule has 0 atom stereocenters. The van der Waals surface area contributed by atoms with E-state index < -0.39 is 5.97 Å². The summed E-state index contributed by atoms with van der Waals surface area (Å²) in [6, 6.07) is 6.32. The molecule has 1 aromatic heterocycles. The average molecular weight is 352 g/mol. The van der Waals surface area contributed by atoms with Crippen LogP contribution in [0.3, 0.4) is 0 Å². The Balaban J connectivity index is 2.50. The molecule has 110 valence electrons. The zero-order valence-electron chi connectivity index (χ0n) is 11.6. The van der Waals surface area contributed by atoms with Crippen LogP contribution in [0.2, 0.25) is 0 Å². The molecule has 0 aliphatic carbocycles. The van der Waals surface area contributed by atoms with E-state index in [0.29, 0.717) is 16.9 Å². The Kier molecular flexibility index (Phi) is 4.47. The molecule has 0 aliphatic heterocycles. The van der Waals surface area contributed by atoms with Gasteiger partial charge in [-0.25, -0.2) is 4.79 Å². The van der Waals surface area contributed by atoms with Crippen LogP contribution in [-0.2, 0) is 6.54 Å². The Morgan fingerprint density at radius 1 is 1.38 bits per heavy atom. The van der Waals surface area contributed by atoms with Crippen molar-refractivity contribution in [3.63, 3.8) is 0 Å². The van der Waals surface area contributed by atoms with Gasteiger partial charge >= 0.3 is 5.97 Å². The van der Waals surface area contributed by atoms with Crippen molar-refractivity contribution in [2.45, 2.75) is 13.5 Å². The van der Waals surface area contributed by atoms with Crippen molar-refractivity contribution >= 4 is 21.9 Å². The van der Waals surface area contributed by atoms with E-state index in [4.69, 9.17) is 9.84 Å². The van der Waals surface area contributed by atoms with Gasteiger partial charge in [0.15, 0.2) is 0 Å². The number of carboxylic acid groups (broad SMARTS) is 1. The molecule has 0 bridgehead atoms. The van der Waals surface area contributed by atoms with Crippen molar-refractivity contribution in [1.29, 1.82) is 0 Å². The van der Waals surface area contributed by atoms with E-state index in [1.807, 2.05) is 0 Å². The number of hydrogen-bond acceptors (Lipinski definition) is 3. The van der Waals surface area contributed by atoms with Gasteiger partial charge in [-0.05, 0) is 47.1 Å². The van der Waals surface area contributed by atoms with Crippen LogP contribution in [0.15, 0.2) is 39.7 Å². The zero-order valence-corrected chi connectivity index (χ0v) is 13.2. The number of pyridine rings is 1. The third kappa shape index (κ3) is 3.33. The van der Waals surface area contributed by atoms with Gasteiger partial charge in [0.05, 0.1) is 19.2 Å². The first-order valence-corrected chi connectivity index (χ1v) is 6.98. The molecular formula is C15H14BrNO4. The summed E-state index contributed by atoms with van der Waals surface area (Å²) < 4.78 is 7.53. The summed E-state index contributed by atoms with van der Waals surface area (Å²) in [4.78, 5) is 23.2. The lowest BCUT2D eigenvalue weighted by Gasteiger charge is -2.12. The minimum Gasteiger partial charge on any atom is -0.496 e. The van der Waals surface area contributed by atoms with Gasteiger partial charge in [0, 0.05) is 21.8 Å². The highest BCUT2D eigenvalue weighted by Gasteiger charge is 2.11. The van der Waals surface area contributed by atoms with E-state index in [1.54, 1.807) is 25.3 Å². The first kappa shape index (κ1) is 15.3. The monoisotopic (exact) mass is 351 g/mol. The van der Waals surface area contributed by atoms with Crippen molar-refractivity contribution in [2.24, 2.45) is 0 Å². The van der Waals surface area contributed by atoms with Crippen LogP contribution in [-0.4, -0.2) is 22.8 Å². The number of hydrogen-bond donors (Lipinski definition) is 1. The highest BCUT2D eigenvalue weighted by atomic mass is 79.9. The Labute approximate surface area is 129 Å². The number of methoxy groups -OCH3 is 1.